The van der Waals surface area contributed by atoms with Crippen molar-refractivity contribution in [3.63, 3.8) is 0 Å². The second kappa shape index (κ2) is 7.72. The summed E-state index contributed by atoms with van der Waals surface area (Å²) in [5.74, 6) is 0.478. The van der Waals surface area contributed by atoms with Crippen molar-refractivity contribution in [1.29, 1.82) is 0 Å². The highest BCUT2D eigenvalue weighted by molar-refractivity contribution is 6.31. The molecule has 1 heterocycles. The predicted octanol–water partition coefficient (Wildman–Crippen LogP) is 3.93. The Hall–Kier alpha value is -2.99. The molecule has 0 aliphatic heterocycles. The minimum atomic E-state index is -1.20. The van der Waals surface area contributed by atoms with E-state index < -0.39 is 6.09 Å². The number of hydrogen-bond donors (Lipinski definition) is 1. The van der Waals surface area contributed by atoms with Crippen molar-refractivity contribution >= 4 is 34.3 Å². The van der Waals surface area contributed by atoms with E-state index in [4.69, 9.17) is 16.3 Å². The molecule has 3 rings (SSSR count). The van der Waals surface area contributed by atoms with Crippen LogP contribution in [0, 0.1) is 0 Å². The van der Waals surface area contributed by atoms with Crippen LogP contribution in [0.25, 0.3) is 10.8 Å². The molecule has 1 amide bonds. The van der Waals surface area contributed by atoms with Crippen LogP contribution in [0.15, 0.2) is 53.3 Å². The van der Waals surface area contributed by atoms with E-state index in [-0.39, 0.29) is 11.4 Å². The minimum Gasteiger partial charge on any atom is -0.489 e. The fourth-order valence-corrected chi connectivity index (χ4v) is 3.14. The fraction of sp³-hybridized carbons (Fsp3) is 0.200. The molecule has 6 nitrogen and oxygen atoms in total. The van der Waals surface area contributed by atoms with Crippen LogP contribution in [0.1, 0.15) is 5.56 Å². The molecule has 1 aromatic heterocycles. The van der Waals surface area contributed by atoms with Gasteiger partial charge in [-0.25, -0.2) is 4.79 Å². The summed E-state index contributed by atoms with van der Waals surface area (Å²) in [4.78, 5) is 25.2. The highest BCUT2D eigenvalue weighted by Crippen LogP contribution is 2.35. The average Bonchev–Trinajstić information content (AvgIpc) is 2.66. The third-order valence-corrected chi connectivity index (χ3v) is 4.60. The van der Waals surface area contributed by atoms with Gasteiger partial charge in [-0.2, -0.15) is 0 Å². The number of rotatable bonds is 5. The second-order valence-electron chi connectivity index (χ2n) is 6.13. The van der Waals surface area contributed by atoms with Gasteiger partial charge in [0.05, 0.1) is 12.0 Å². The van der Waals surface area contributed by atoms with Gasteiger partial charge in [0.25, 0.3) is 5.56 Å². The number of aromatic nitrogens is 1. The number of anilines is 1. The van der Waals surface area contributed by atoms with E-state index in [1.165, 1.54) is 18.7 Å². The van der Waals surface area contributed by atoms with Crippen molar-refractivity contribution in [1.82, 2.24) is 4.57 Å². The van der Waals surface area contributed by atoms with Crippen LogP contribution in [0.4, 0.5) is 10.6 Å². The SMILES string of the molecule is CN(C(=O)O)c1c(OCCc2ccccc2)c2cc(Cl)ccc2c(=O)n1C. The number of hydrogen-bond acceptors (Lipinski definition) is 3. The zero-order chi connectivity index (χ0) is 19.6. The van der Waals surface area contributed by atoms with Crippen LogP contribution >= 0.6 is 11.6 Å². The van der Waals surface area contributed by atoms with Crippen LogP contribution in [0.2, 0.25) is 5.02 Å². The zero-order valence-corrected chi connectivity index (χ0v) is 15.7. The number of pyridine rings is 1. The summed E-state index contributed by atoms with van der Waals surface area (Å²) in [5.41, 5.74) is 0.776. The van der Waals surface area contributed by atoms with Gasteiger partial charge in [0, 0.05) is 30.9 Å². The highest BCUT2D eigenvalue weighted by Gasteiger charge is 2.23. The Morgan fingerprint density at radius 3 is 2.56 bits per heavy atom. The Morgan fingerprint density at radius 1 is 1.19 bits per heavy atom. The lowest BCUT2D eigenvalue weighted by Gasteiger charge is -2.22. The number of ether oxygens (including phenoxy) is 1. The molecule has 27 heavy (non-hydrogen) atoms. The van der Waals surface area contributed by atoms with E-state index in [2.05, 4.69) is 0 Å². The van der Waals surface area contributed by atoms with Crippen molar-refractivity contribution in [3.8, 4) is 5.75 Å². The number of fused-ring (bicyclic) bond motifs is 1. The number of nitrogens with zero attached hydrogens (tertiary/aromatic N) is 2. The molecule has 0 atom stereocenters. The van der Waals surface area contributed by atoms with E-state index in [1.807, 2.05) is 30.3 Å². The Kier molecular flexibility index (Phi) is 5.37. The van der Waals surface area contributed by atoms with Gasteiger partial charge in [-0.15, -0.1) is 0 Å². The monoisotopic (exact) mass is 386 g/mol. The van der Waals surface area contributed by atoms with Crippen molar-refractivity contribution in [2.75, 3.05) is 18.6 Å². The molecule has 0 unspecified atom stereocenters. The van der Waals surface area contributed by atoms with Gasteiger partial charge in [-0.1, -0.05) is 41.9 Å². The van der Waals surface area contributed by atoms with Crippen LogP contribution < -0.4 is 15.2 Å². The van der Waals surface area contributed by atoms with Crippen LogP contribution in [-0.4, -0.2) is 29.4 Å². The average molecular weight is 387 g/mol. The Morgan fingerprint density at radius 2 is 1.89 bits per heavy atom. The number of halogens is 1. The smallest absolute Gasteiger partial charge is 0.412 e. The summed E-state index contributed by atoms with van der Waals surface area (Å²) in [5, 5.41) is 10.8. The first kappa shape index (κ1) is 18.8. The van der Waals surface area contributed by atoms with Gasteiger partial charge in [-0.3, -0.25) is 14.3 Å². The maximum atomic E-state index is 12.7. The van der Waals surface area contributed by atoms with Crippen LogP contribution in [-0.2, 0) is 13.5 Å². The van der Waals surface area contributed by atoms with E-state index >= 15 is 0 Å². The minimum absolute atomic E-state index is 0.162. The number of carbonyl (C=O) groups is 1. The molecule has 0 saturated heterocycles. The predicted molar refractivity (Wildman–Crippen MR) is 106 cm³/mol. The van der Waals surface area contributed by atoms with Crippen LogP contribution in [0.3, 0.4) is 0 Å². The molecule has 0 bridgehead atoms. The summed E-state index contributed by atoms with van der Waals surface area (Å²) < 4.78 is 7.27. The molecule has 0 spiro atoms. The summed E-state index contributed by atoms with van der Waals surface area (Å²) >= 11 is 6.11. The molecule has 0 fully saturated rings. The van der Waals surface area contributed by atoms with E-state index in [1.54, 1.807) is 18.2 Å². The van der Waals surface area contributed by atoms with Gasteiger partial charge in [-0.05, 0) is 23.8 Å². The third-order valence-electron chi connectivity index (χ3n) is 4.37. The molecule has 0 aliphatic carbocycles. The van der Waals surface area contributed by atoms with Gasteiger partial charge < -0.3 is 9.84 Å². The lowest BCUT2D eigenvalue weighted by Crippen LogP contribution is -2.32. The Balaban J connectivity index is 2.10. The number of carboxylic acid groups (broad SMARTS) is 1. The molecule has 3 aromatic rings. The quantitative estimate of drug-likeness (QED) is 0.721. The topological polar surface area (TPSA) is 71.8 Å². The maximum Gasteiger partial charge on any atom is 0.412 e. The lowest BCUT2D eigenvalue weighted by atomic mass is 10.1. The summed E-state index contributed by atoms with van der Waals surface area (Å²) in [6.07, 6.45) is -0.554. The Bertz CT molecular complexity index is 1050. The van der Waals surface area contributed by atoms with Crippen molar-refractivity contribution in [2.24, 2.45) is 7.05 Å². The van der Waals surface area contributed by atoms with E-state index in [9.17, 15) is 14.7 Å². The number of amides is 1. The highest BCUT2D eigenvalue weighted by atomic mass is 35.5. The Labute approximate surface area is 161 Å². The molecule has 140 valence electrons. The first-order valence-corrected chi connectivity index (χ1v) is 8.73. The molecule has 0 aliphatic rings. The normalized spacial score (nSPS) is 10.8. The first-order chi connectivity index (χ1) is 12.9. The summed E-state index contributed by atoms with van der Waals surface area (Å²) in [7, 11) is 2.90. The molecule has 1 N–H and O–H groups in total. The molecule has 0 radical (unpaired) electrons. The zero-order valence-electron chi connectivity index (χ0n) is 15.0. The number of benzene rings is 2. The summed E-state index contributed by atoms with van der Waals surface area (Å²) in [6, 6.07) is 14.7. The molecular formula is C20H19ClN2O4. The van der Waals surface area contributed by atoms with Crippen molar-refractivity contribution < 1.29 is 14.6 Å². The third kappa shape index (κ3) is 3.75. The van der Waals surface area contributed by atoms with Gasteiger partial charge in [0.1, 0.15) is 0 Å². The molecule has 2 aromatic carbocycles. The van der Waals surface area contributed by atoms with Crippen LogP contribution in [0.5, 0.6) is 5.75 Å². The maximum absolute atomic E-state index is 12.7. The first-order valence-electron chi connectivity index (χ1n) is 8.35. The largest absolute Gasteiger partial charge is 0.489 e. The molecular weight excluding hydrogens is 368 g/mol. The lowest BCUT2D eigenvalue weighted by molar-refractivity contribution is 0.202. The van der Waals surface area contributed by atoms with Crippen molar-refractivity contribution in [2.45, 2.75) is 6.42 Å². The van der Waals surface area contributed by atoms with E-state index in [0.29, 0.717) is 34.6 Å². The van der Waals surface area contributed by atoms with Gasteiger partial charge in [0.15, 0.2) is 11.6 Å². The molecule has 0 saturated carbocycles. The fourth-order valence-electron chi connectivity index (χ4n) is 2.97. The van der Waals surface area contributed by atoms with Gasteiger partial charge >= 0.3 is 6.09 Å². The standard InChI is InChI=1S/C20H19ClN2O4/c1-22-18(23(2)20(25)26)17(27-11-10-13-6-4-3-5-7-13)16-12-14(21)8-9-15(16)19(22)24/h3-9,12H,10-11H2,1-2H3,(H,25,26). The van der Waals surface area contributed by atoms with E-state index in [0.717, 1.165) is 10.5 Å². The van der Waals surface area contributed by atoms with Crippen molar-refractivity contribution in [3.05, 3.63) is 69.5 Å². The summed E-state index contributed by atoms with van der Waals surface area (Å²) in [6.45, 7) is 0.324. The van der Waals surface area contributed by atoms with Gasteiger partial charge in [0.2, 0.25) is 0 Å². The second-order valence-corrected chi connectivity index (χ2v) is 6.57. The molecule has 7 heteroatoms.